The van der Waals surface area contributed by atoms with Crippen molar-refractivity contribution in [3.05, 3.63) is 60.2 Å². The highest BCUT2D eigenvalue weighted by Gasteiger charge is 2.15. The van der Waals surface area contributed by atoms with Crippen LogP contribution in [0, 0.1) is 0 Å². The van der Waals surface area contributed by atoms with Crippen LogP contribution in [0.1, 0.15) is 32.3 Å². The molecule has 2 aromatic carbocycles. The van der Waals surface area contributed by atoms with Gasteiger partial charge < -0.3 is 16.0 Å². The van der Waals surface area contributed by atoms with Gasteiger partial charge in [-0.1, -0.05) is 44.2 Å². The molecule has 3 amide bonds. The second kappa shape index (κ2) is 8.15. The summed E-state index contributed by atoms with van der Waals surface area (Å²) in [5.74, 6) is 0.174. The summed E-state index contributed by atoms with van der Waals surface area (Å²) in [5.41, 5.74) is 2.59. The Labute approximate surface area is 142 Å². The zero-order valence-corrected chi connectivity index (χ0v) is 14.2. The van der Waals surface area contributed by atoms with Crippen molar-refractivity contribution >= 4 is 23.3 Å². The number of urea groups is 1. The number of amides is 3. The fraction of sp³-hybridized carbons (Fsp3) is 0.263. The van der Waals surface area contributed by atoms with Gasteiger partial charge in [-0.2, -0.15) is 0 Å². The summed E-state index contributed by atoms with van der Waals surface area (Å²) in [7, 11) is 0. The molecule has 0 bridgehead atoms. The number of hydrogen-bond acceptors (Lipinski definition) is 2. The van der Waals surface area contributed by atoms with E-state index in [1.807, 2.05) is 42.5 Å². The first-order valence-electron chi connectivity index (χ1n) is 7.99. The molecule has 0 radical (unpaired) electrons. The standard InChI is InChI=1S/C19H23N3O2/c1-13(2)15-9-11-17(12-10-15)21-18(23)14(3)20-19(24)22-16-7-5-4-6-8-16/h4-14H,1-3H3,(H,21,23)(H2,20,22,24). The molecule has 0 saturated carbocycles. The largest absolute Gasteiger partial charge is 0.326 e. The Hall–Kier alpha value is -2.82. The molecular weight excluding hydrogens is 302 g/mol. The van der Waals surface area contributed by atoms with Gasteiger partial charge in [0.1, 0.15) is 6.04 Å². The molecular formula is C19H23N3O2. The maximum absolute atomic E-state index is 12.2. The predicted octanol–water partition coefficient (Wildman–Crippen LogP) is 3.96. The molecule has 2 rings (SSSR count). The molecule has 5 heteroatoms. The molecule has 5 nitrogen and oxygen atoms in total. The van der Waals surface area contributed by atoms with E-state index in [2.05, 4.69) is 29.8 Å². The van der Waals surface area contributed by atoms with E-state index in [-0.39, 0.29) is 5.91 Å². The van der Waals surface area contributed by atoms with Gasteiger partial charge in [0, 0.05) is 11.4 Å². The number of rotatable bonds is 5. The first kappa shape index (κ1) is 17.5. The summed E-state index contributed by atoms with van der Waals surface area (Å²) in [6.07, 6.45) is 0. The van der Waals surface area contributed by atoms with Gasteiger partial charge in [-0.25, -0.2) is 4.79 Å². The average molecular weight is 325 g/mol. The van der Waals surface area contributed by atoms with Gasteiger partial charge in [-0.3, -0.25) is 4.79 Å². The van der Waals surface area contributed by atoms with E-state index in [1.165, 1.54) is 5.56 Å². The summed E-state index contributed by atoms with van der Waals surface area (Å²) >= 11 is 0. The van der Waals surface area contributed by atoms with Crippen molar-refractivity contribution in [2.24, 2.45) is 0 Å². The number of anilines is 2. The van der Waals surface area contributed by atoms with Crippen molar-refractivity contribution in [3.8, 4) is 0 Å². The summed E-state index contributed by atoms with van der Waals surface area (Å²) in [4.78, 5) is 24.1. The Kier molecular flexibility index (Phi) is 5.95. The minimum absolute atomic E-state index is 0.268. The molecule has 0 aliphatic rings. The Bertz CT molecular complexity index is 682. The van der Waals surface area contributed by atoms with E-state index >= 15 is 0 Å². The van der Waals surface area contributed by atoms with Crippen LogP contribution in [0.4, 0.5) is 16.2 Å². The number of benzene rings is 2. The van der Waals surface area contributed by atoms with Crippen LogP contribution in [0.3, 0.4) is 0 Å². The fourth-order valence-electron chi connectivity index (χ4n) is 2.15. The lowest BCUT2D eigenvalue weighted by Crippen LogP contribution is -2.43. The number of carbonyl (C=O) groups is 2. The van der Waals surface area contributed by atoms with E-state index in [1.54, 1.807) is 19.1 Å². The Balaban J connectivity index is 1.86. The van der Waals surface area contributed by atoms with Crippen LogP contribution in [0.15, 0.2) is 54.6 Å². The number of para-hydroxylation sites is 1. The van der Waals surface area contributed by atoms with Gasteiger partial charge in [0.2, 0.25) is 5.91 Å². The quantitative estimate of drug-likeness (QED) is 0.779. The molecule has 2 aromatic rings. The first-order chi connectivity index (χ1) is 11.5. The zero-order chi connectivity index (χ0) is 17.5. The predicted molar refractivity (Wildman–Crippen MR) is 97.2 cm³/mol. The lowest BCUT2D eigenvalue weighted by Gasteiger charge is -2.15. The summed E-state index contributed by atoms with van der Waals surface area (Å²) in [6, 6.07) is 15.7. The number of carbonyl (C=O) groups excluding carboxylic acids is 2. The van der Waals surface area contributed by atoms with Crippen LogP contribution in [-0.2, 0) is 4.79 Å². The Morgan fingerprint density at radius 2 is 1.38 bits per heavy atom. The summed E-state index contributed by atoms with van der Waals surface area (Å²) in [5, 5.41) is 8.09. The normalized spacial score (nSPS) is 11.7. The Morgan fingerprint density at radius 1 is 0.792 bits per heavy atom. The van der Waals surface area contributed by atoms with Crippen LogP contribution in [-0.4, -0.2) is 18.0 Å². The van der Waals surface area contributed by atoms with Gasteiger partial charge in [-0.05, 0) is 42.7 Å². The van der Waals surface area contributed by atoms with Gasteiger partial charge in [0.15, 0.2) is 0 Å². The van der Waals surface area contributed by atoms with Crippen LogP contribution in [0.25, 0.3) is 0 Å². The van der Waals surface area contributed by atoms with Crippen molar-refractivity contribution in [3.63, 3.8) is 0 Å². The number of nitrogens with one attached hydrogen (secondary N) is 3. The third-order valence-electron chi connectivity index (χ3n) is 3.62. The van der Waals surface area contributed by atoms with Gasteiger partial charge in [-0.15, -0.1) is 0 Å². The highest BCUT2D eigenvalue weighted by atomic mass is 16.2. The third kappa shape index (κ3) is 5.12. The molecule has 0 aliphatic heterocycles. The molecule has 0 heterocycles. The van der Waals surface area contributed by atoms with Crippen molar-refractivity contribution in [1.82, 2.24) is 5.32 Å². The number of hydrogen-bond donors (Lipinski definition) is 3. The average Bonchev–Trinajstić information content (AvgIpc) is 2.56. The van der Waals surface area contributed by atoms with E-state index in [0.29, 0.717) is 17.3 Å². The molecule has 24 heavy (non-hydrogen) atoms. The molecule has 1 atom stereocenters. The van der Waals surface area contributed by atoms with Crippen LogP contribution < -0.4 is 16.0 Å². The minimum Gasteiger partial charge on any atom is -0.326 e. The maximum Gasteiger partial charge on any atom is 0.319 e. The fourth-order valence-corrected chi connectivity index (χ4v) is 2.15. The molecule has 0 spiro atoms. The smallest absolute Gasteiger partial charge is 0.319 e. The maximum atomic E-state index is 12.2. The summed E-state index contributed by atoms with van der Waals surface area (Å²) < 4.78 is 0. The Morgan fingerprint density at radius 3 is 1.96 bits per heavy atom. The highest BCUT2D eigenvalue weighted by Crippen LogP contribution is 2.17. The lowest BCUT2D eigenvalue weighted by atomic mass is 10.0. The van der Waals surface area contributed by atoms with E-state index in [9.17, 15) is 9.59 Å². The first-order valence-corrected chi connectivity index (χ1v) is 7.99. The van der Waals surface area contributed by atoms with Crippen molar-refractivity contribution < 1.29 is 9.59 Å². The minimum atomic E-state index is -0.654. The van der Waals surface area contributed by atoms with Crippen LogP contribution >= 0.6 is 0 Å². The van der Waals surface area contributed by atoms with E-state index in [4.69, 9.17) is 0 Å². The van der Waals surface area contributed by atoms with Crippen molar-refractivity contribution in [2.75, 3.05) is 10.6 Å². The van der Waals surface area contributed by atoms with Crippen LogP contribution in [0.5, 0.6) is 0 Å². The zero-order valence-electron chi connectivity index (χ0n) is 14.2. The molecule has 126 valence electrons. The topological polar surface area (TPSA) is 70.2 Å². The molecule has 0 aromatic heterocycles. The van der Waals surface area contributed by atoms with Gasteiger partial charge in [0.05, 0.1) is 0 Å². The van der Waals surface area contributed by atoms with Crippen LogP contribution in [0.2, 0.25) is 0 Å². The van der Waals surface area contributed by atoms with E-state index < -0.39 is 12.1 Å². The summed E-state index contributed by atoms with van der Waals surface area (Å²) in [6.45, 7) is 5.87. The second-order valence-electron chi connectivity index (χ2n) is 5.95. The molecule has 3 N–H and O–H groups in total. The van der Waals surface area contributed by atoms with Crippen molar-refractivity contribution in [1.29, 1.82) is 0 Å². The molecule has 0 fully saturated rings. The van der Waals surface area contributed by atoms with E-state index in [0.717, 1.165) is 0 Å². The van der Waals surface area contributed by atoms with Gasteiger partial charge >= 0.3 is 6.03 Å². The third-order valence-corrected chi connectivity index (χ3v) is 3.62. The molecule has 0 aliphatic carbocycles. The molecule has 1 unspecified atom stereocenters. The molecule has 0 saturated heterocycles. The SMILES string of the molecule is CC(NC(=O)Nc1ccccc1)C(=O)Nc1ccc(C(C)C)cc1. The second-order valence-corrected chi connectivity index (χ2v) is 5.95. The monoisotopic (exact) mass is 325 g/mol. The van der Waals surface area contributed by atoms with Crippen molar-refractivity contribution in [2.45, 2.75) is 32.7 Å². The van der Waals surface area contributed by atoms with Gasteiger partial charge in [0.25, 0.3) is 0 Å². The highest BCUT2D eigenvalue weighted by molar-refractivity contribution is 5.98. The lowest BCUT2D eigenvalue weighted by molar-refractivity contribution is -0.117.